The third-order valence-corrected chi connectivity index (χ3v) is 4.80. The summed E-state index contributed by atoms with van der Waals surface area (Å²) in [7, 11) is 1.38. The van der Waals surface area contributed by atoms with Gasteiger partial charge in [0.1, 0.15) is 5.75 Å². The largest absolute Gasteiger partial charge is 0.484 e. The Hall–Kier alpha value is -2.04. The summed E-state index contributed by atoms with van der Waals surface area (Å²) >= 11 is 0. The second-order valence-corrected chi connectivity index (χ2v) is 6.98. The molecule has 0 aliphatic carbocycles. The Morgan fingerprint density at radius 2 is 2.04 bits per heavy atom. The van der Waals surface area contributed by atoms with Crippen LogP contribution in [0.5, 0.6) is 5.75 Å². The first-order valence-electron chi connectivity index (χ1n) is 9.02. The van der Waals surface area contributed by atoms with Gasteiger partial charge in [0.25, 0.3) is 5.91 Å². The summed E-state index contributed by atoms with van der Waals surface area (Å²) in [5.41, 5.74) is 2.45. The zero-order valence-corrected chi connectivity index (χ0v) is 15.7. The van der Waals surface area contributed by atoms with Gasteiger partial charge < -0.3 is 14.4 Å². The summed E-state index contributed by atoms with van der Waals surface area (Å²) in [5.74, 6) is 0.824. The van der Waals surface area contributed by atoms with Crippen LogP contribution in [0.2, 0.25) is 0 Å². The molecule has 25 heavy (non-hydrogen) atoms. The van der Waals surface area contributed by atoms with Crippen molar-refractivity contribution in [2.24, 2.45) is 0 Å². The number of esters is 1. The first-order chi connectivity index (χ1) is 11.9. The summed E-state index contributed by atoms with van der Waals surface area (Å²) < 4.78 is 10.5. The monoisotopic (exact) mass is 347 g/mol. The third-order valence-electron chi connectivity index (χ3n) is 4.80. The van der Waals surface area contributed by atoms with Crippen molar-refractivity contribution < 1.29 is 19.1 Å². The number of carbonyl (C=O) groups excluding carboxylic acids is 2. The fourth-order valence-corrected chi connectivity index (χ4v) is 3.43. The maximum absolute atomic E-state index is 12.6. The molecule has 1 saturated heterocycles. The highest BCUT2D eigenvalue weighted by Gasteiger charge is 2.29. The molecule has 1 heterocycles. The van der Waals surface area contributed by atoms with Crippen LogP contribution in [0.1, 0.15) is 56.6 Å². The second-order valence-electron chi connectivity index (χ2n) is 6.98. The minimum atomic E-state index is -0.273. The molecule has 5 heteroatoms. The number of benzene rings is 1. The van der Waals surface area contributed by atoms with Gasteiger partial charge in [0.05, 0.1) is 13.5 Å². The topological polar surface area (TPSA) is 55.8 Å². The molecule has 1 aliphatic rings. The van der Waals surface area contributed by atoms with Crippen molar-refractivity contribution in [3.63, 3.8) is 0 Å². The van der Waals surface area contributed by atoms with Gasteiger partial charge in [-0.1, -0.05) is 19.9 Å². The number of amides is 1. The van der Waals surface area contributed by atoms with Crippen LogP contribution in [0.4, 0.5) is 0 Å². The molecule has 1 unspecified atom stereocenters. The molecule has 1 atom stereocenters. The molecular formula is C20H29NO4. The molecule has 1 aliphatic heterocycles. The molecule has 0 spiro atoms. The zero-order chi connectivity index (χ0) is 18.4. The van der Waals surface area contributed by atoms with Crippen molar-refractivity contribution in [2.45, 2.75) is 58.4 Å². The highest BCUT2D eigenvalue weighted by atomic mass is 16.5. The molecular weight excluding hydrogens is 318 g/mol. The zero-order valence-electron chi connectivity index (χ0n) is 15.7. The Bertz CT molecular complexity index is 612. The van der Waals surface area contributed by atoms with Crippen LogP contribution in [0.15, 0.2) is 18.2 Å². The van der Waals surface area contributed by atoms with E-state index >= 15 is 0 Å². The standard InChI is InChI=1S/C20H29NO4/c1-14(2)18-9-8-17(11-15(18)3)25-13-19(22)21-10-6-5-7-16(21)12-20(23)24-4/h8-9,11,14,16H,5-7,10,12-13H2,1-4H3. The van der Waals surface area contributed by atoms with Crippen LogP contribution in [-0.4, -0.2) is 43.1 Å². The number of piperidine rings is 1. The summed E-state index contributed by atoms with van der Waals surface area (Å²) in [6, 6.07) is 5.87. The van der Waals surface area contributed by atoms with Crippen molar-refractivity contribution in [1.82, 2.24) is 4.90 Å². The van der Waals surface area contributed by atoms with E-state index in [1.165, 1.54) is 18.2 Å². The van der Waals surface area contributed by atoms with E-state index in [2.05, 4.69) is 26.8 Å². The predicted octanol–water partition coefficient (Wildman–Crippen LogP) is 3.44. The average Bonchev–Trinajstić information content (AvgIpc) is 2.59. The molecule has 0 N–H and O–H groups in total. The number of ether oxygens (including phenoxy) is 2. The highest BCUT2D eigenvalue weighted by molar-refractivity contribution is 5.79. The molecule has 2 rings (SSSR count). The first kappa shape index (κ1) is 19.3. The molecule has 1 fully saturated rings. The van der Waals surface area contributed by atoms with Gasteiger partial charge in [-0.2, -0.15) is 0 Å². The Balaban J connectivity index is 1.96. The number of likely N-dealkylation sites (tertiary alicyclic amines) is 1. The SMILES string of the molecule is COC(=O)CC1CCCCN1C(=O)COc1ccc(C(C)C)c(C)c1. The second kappa shape index (κ2) is 8.88. The summed E-state index contributed by atoms with van der Waals surface area (Å²) in [5, 5.41) is 0. The van der Waals surface area contributed by atoms with Gasteiger partial charge in [0.2, 0.25) is 0 Å². The maximum atomic E-state index is 12.6. The lowest BCUT2D eigenvalue weighted by atomic mass is 9.98. The van der Waals surface area contributed by atoms with Crippen LogP contribution >= 0.6 is 0 Å². The quantitative estimate of drug-likeness (QED) is 0.740. The molecule has 0 radical (unpaired) electrons. The number of nitrogens with zero attached hydrogens (tertiary/aromatic N) is 1. The molecule has 1 aromatic carbocycles. The maximum Gasteiger partial charge on any atom is 0.307 e. The normalized spacial score (nSPS) is 17.5. The van der Waals surface area contributed by atoms with E-state index in [1.54, 1.807) is 4.90 Å². The van der Waals surface area contributed by atoms with E-state index in [1.807, 2.05) is 12.1 Å². The summed E-state index contributed by atoms with van der Waals surface area (Å²) in [4.78, 5) is 25.9. The lowest BCUT2D eigenvalue weighted by Crippen LogP contribution is -2.46. The minimum absolute atomic E-state index is 0.00185. The smallest absolute Gasteiger partial charge is 0.307 e. The van der Waals surface area contributed by atoms with E-state index < -0.39 is 0 Å². The summed E-state index contributed by atoms with van der Waals surface area (Å²) in [6.45, 7) is 7.04. The molecule has 0 aromatic heterocycles. The van der Waals surface area contributed by atoms with Crippen LogP contribution in [0.3, 0.4) is 0 Å². The molecule has 1 aromatic rings. The van der Waals surface area contributed by atoms with Gasteiger partial charge in [0.15, 0.2) is 6.61 Å². The number of hydrogen-bond acceptors (Lipinski definition) is 4. The van der Waals surface area contributed by atoms with Gasteiger partial charge in [0, 0.05) is 12.6 Å². The van der Waals surface area contributed by atoms with Gasteiger partial charge in [-0.25, -0.2) is 0 Å². The van der Waals surface area contributed by atoms with Gasteiger partial charge in [-0.05, 0) is 55.4 Å². The third kappa shape index (κ3) is 5.21. The van der Waals surface area contributed by atoms with Crippen molar-refractivity contribution in [3.8, 4) is 5.75 Å². The van der Waals surface area contributed by atoms with Crippen LogP contribution in [0.25, 0.3) is 0 Å². The Morgan fingerprint density at radius 3 is 2.68 bits per heavy atom. The van der Waals surface area contributed by atoms with Crippen molar-refractivity contribution in [1.29, 1.82) is 0 Å². The lowest BCUT2D eigenvalue weighted by molar-refractivity contribution is -0.145. The number of carbonyl (C=O) groups is 2. The first-order valence-corrected chi connectivity index (χ1v) is 9.02. The summed E-state index contributed by atoms with van der Waals surface area (Å²) in [6.07, 6.45) is 3.08. The van der Waals surface area contributed by atoms with E-state index in [4.69, 9.17) is 9.47 Å². The molecule has 5 nitrogen and oxygen atoms in total. The minimum Gasteiger partial charge on any atom is -0.484 e. The Morgan fingerprint density at radius 1 is 1.28 bits per heavy atom. The highest BCUT2D eigenvalue weighted by Crippen LogP contribution is 2.24. The number of rotatable bonds is 6. The lowest BCUT2D eigenvalue weighted by Gasteiger charge is -2.35. The van der Waals surface area contributed by atoms with E-state index in [-0.39, 0.29) is 30.9 Å². The van der Waals surface area contributed by atoms with E-state index in [0.717, 1.165) is 19.3 Å². The van der Waals surface area contributed by atoms with Crippen molar-refractivity contribution in [3.05, 3.63) is 29.3 Å². The fourth-order valence-electron chi connectivity index (χ4n) is 3.43. The molecule has 138 valence electrons. The van der Waals surface area contributed by atoms with Crippen molar-refractivity contribution >= 4 is 11.9 Å². The van der Waals surface area contributed by atoms with Gasteiger partial charge in [-0.15, -0.1) is 0 Å². The number of aryl methyl sites for hydroxylation is 1. The number of hydrogen-bond donors (Lipinski definition) is 0. The van der Waals surface area contributed by atoms with Crippen LogP contribution in [-0.2, 0) is 14.3 Å². The Kier molecular flexibility index (Phi) is 6.85. The van der Waals surface area contributed by atoms with E-state index in [0.29, 0.717) is 18.2 Å². The van der Waals surface area contributed by atoms with Gasteiger partial charge >= 0.3 is 5.97 Å². The van der Waals surface area contributed by atoms with Crippen molar-refractivity contribution in [2.75, 3.05) is 20.3 Å². The average molecular weight is 347 g/mol. The number of methoxy groups -OCH3 is 1. The fraction of sp³-hybridized carbons (Fsp3) is 0.600. The predicted molar refractivity (Wildman–Crippen MR) is 96.7 cm³/mol. The molecule has 1 amide bonds. The van der Waals surface area contributed by atoms with Crippen LogP contribution in [0, 0.1) is 6.92 Å². The molecule has 0 bridgehead atoms. The van der Waals surface area contributed by atoms with Crippen LogP contribution < -0.4 is 4.74 Å². The van der Waals surface area contributed by atoms with E-state index in [9.17, 15) is 9.59 Å². The van der Waals surface area contributed by atoms with Gasteiger partial charge in [-0.3, -0.25) is 9.59 Å². The molecule has 0 saturated carbocycles. The Labute approximate surface area is 150 Å².